The Bertz CT molecular complexity index is 2420. The molecule has 2 aliphatic carbocycles. The first-order chi connectivity index (χ1) is 30.2. The number of piperidine rings is 1. The molecule has 3 aromatic rings. The van der Waals surface area contributed by atoms with Crippen LogP contribution in [0.25, 0.3) is 22.3 Å². The summed E-state index contributed by atoms with van der Waals surface area (Å²) in [6, 6.07) is 9.86. The summed E-state index contributed by atoms with van der Waals surface area (Å²) in [5.41, 5.74) is 1.21. The van der Waals surface area contributed by atoms with Crippen LogP contribution in [-0.4, -0.2) is 107 Å². The minimum Gasteiger partial charge on any atom is -0.493 e. The van der Waals surface area contributed by atoms with Crippen molar-refractivity contribution in [1.29, 1.82) is 0 Å². The molecule has 0 bridgehead atoms. The van der Waals surface area contributed by atoms with E-state index in [-0.39, 0.29) is 51.7 Å². The van der Waals surface area contributed by atoms with E-state index in [9.17, 15) is 40.8 Å². The lowest BCUT2D eigenvalue weighted by atomic mass is 9.92. The molecule has 0 spiro atoms. The standard InChI is InChI=1S/C45H51F3N6O8S/c46-45(47,48)29-13-17-53(18-14-29)40(55)21-28-8-4-2-1-3-5-9-30-25-44(30,43(58)52-63(59,60)32-11-12-32)51-41(56)37-22-31(26-54(37)42(28)57)62-39-24-36(34-10-6-7-16-49-34)50-35-20-27-15-19-61-38(27)23-33(35)39/h5-7,9-10,16,20,23-24,28-32,37H,1-4,8,11-15,17-19,21-22,25-26H2,(H,51,56)(H,52,58)/b9-5-/t28-,30+,31-,37+,44+/m1/s1. The number of ether oxygens (including phenoxy) is 2. The molecule has 63 heavy (non-hydrogen) atoms. The number of benzene rings is 1. The number of nitrogens with zero attached hydrogens (tertiary/aromatic N) is 4. The highest BCUT2D eigenvalue weighted by molar-refractivity contribution is 7.91. The van der Waals surface area contributed by atoms with Gasteiger partial charge in [-0.25, -0.2) is 13.4 Å². The van der Waals surface area contributed by atoms with Gasteiger partial charge in [0.05, 0.1) is 41.2 Å². The Morgan fingerprint density at radius 3 is 2.57 bits per heavy atom. The van der Waals surface area contributed by atoms with Crippen molar-refractivity contribution in [3.63, 3.8) is 0 Å². The van der Waals surface area contributed by atoms with Crippen molar-refractivity contribution < 1.29 is 50.2 Å². The Balaban J connectivity index is 1.03. The van der Waals surface area contributed by atoms with Gasteiger partial charge >= 0.3 is 6.18 Å². The van der Waals surface area contributed by atoms with Crippen molar-refractivity contribution in [2.45, 2.75) is 113 Å². The Morgan fingerprint density at radius 2 is 1.83 bits per heavy atom. The smallest absolute Gasteiger partial charge is 0.391 e. The molecule has 0 unspecified atom stereocenters. The second-order valence-electron chi connectivity index (χ2n) is 17.9. The van der Waals surface area contributed by atoms with Crippen LogP contribution in [0.15, 0.2) is 54.7 Å². The number of rotatable bonds is 8. The van der Waals surface area contributed by atoms with E-state index in [1.165, 1.54) is 9.80 Å². The van der Waals surface area contributed by atoms with Gasteiger partial charge in [0.25, 0.3) is 5.91 Å². The minimum atomic E-state index is -4.35. The van der Waals surface area contributed by atoms with Crippen LogP contribution >= 0.6 is 0 Å². The molecule has 336 valence electrons. The summed E-state index contributed by atoms with van der Waals surface area (Å²) in [7, 11) is -3.95. The molecule has 4 amide bonds. The molecule has 6 heterocycles. The lowest BCUT2D eigenvalue weighted by Crippen LogP contribution is -2.57. The summed E-state index contributed by atoms with van der Waals surface area (Å²) >= 11 is 0. The largest absolute Gasteiger partial charge is 0.493 e. The molecule has 1 aromatic carbocycles. The molecule has 2 saturated carbocycles. The fraction of sp³-hybridized carbons (Fsp3) is 0.556. The predicted molar refractivity (Wildman–Crippen MR) is 223 cm³/mol. The van der Waals surface area contributed by atoms with Crippen molar-refractivity contribution in [3.05, 3.63) is 60.3 Å². The number of allylic oxidation sites excluding steroid dienone is 1. The van der Waals surface area contributed by atoms with Crippen molar-refractivity contribution in [2.75, 3.05) is 26.2 Å². The highest BCUT2D eigenvalue weighted by atomic mass is 32.2. The van der Waals surface area contributed by atoms with Crippen LogP contribution in [0, 0.1) is 17.8 Å². The van der Waals surface area contributed by atoms with Crippen molar-refractivity contribution in [3.8, 4) is 22.9 Å². The number of pyridine rings is 2. The van der Waals surface area contributed by atoms with Gasteiger partial charge in [-0.05, 0) is 81.2 Å². The number of carbonyl (C=O) groups is 4. The molecule has 4 fully saturated rings. The Morgan fingerprint density at radius 1 is 1.02 bits per heavy atom. The first-order valence-corrected chi connectivity index (χ1v) is 23.6. The van der Waals surface area contributed by atoms with Crippen LogP contribution in [0.1, 0.15) is 82.6 Å². The first-order valence-electron chi connectivity index (χ1n) is 22.1. The molecule has 9 rings (SSSR count). The minimum absolute atomic E-state index is 0.00799. The summed E-state index contributed by atoms with van der Waals surface area (Å²) in [5.74, 6) is -4.14. The van der Waals surface area contributed by atoms with Crippen LogP contribution < -0.4 is 19.5 Å². The number of likely N-dealkylation sites (tertiary alicyclic amines) is 1. The van der Waals surface area contributed by atoms with E-state index in [1.54, 1.807) is 18.3 Å². The predicted octanol–water partition coefficient (Wildman–Crippen LogP) is 5.39. The summed E-state index contributed by atoms with van der Waals surface area (Å²) in [6.45, 7) is 0.305. The maximum Gasteiger partial charge on any atom is 0.391 e. The van der Waals surface area contributed by atoms with Crippen LogP contribution in [0.2, 0.25) is 0 Å². The fourth-order valence-electron chi connectivity index (χ4n) is 9.56. The Hall–Kier alpha value is -5.26. The number of amides is 4. The van der Waals surface area contributed by atoms with E-state index in [2.05, 4.69) is 15.0 Å². The summed E-state index contributed by atoms with van der Waals surface area (Å²) in [6.07, 6.45) is 4.35. The molecule has 2 saturated heterocycles. The number of hydrogen-bond acceptors (Lipinski definition) is 10. The van der Waals surface area contributed by atoms with E-state index in [0.29, 0.717) is 85.3 Å². The number of carbonyl (C=O) groups excluding carboxylic acids is 4. The highest BCUT2D eigenvalue weighted by Gasteiger charge is 2.62. The van der Waals surface area contributed by atoms with Gasteiger partial charge in [0, 0.05) is 61.8 Å². The topological polar surface area (TPSA) is 177 Å². The van der Waals surface area contributed by atoms with E-state index >= 15 is 0 Å². The molecule has 4 aliphatic heterocycles. The van der Waals surface area contributed by atoms with Crippen LogP contribution in [0.5, 0.6) is 11.5 Å². The van der Waals surface area contributed by atoms with Gasteiger partial charge in [-0.1, -0.05) is 31.1 Å². The third-order valence-corrected chi connectivity index (χ3v) is 15.3. The lowest BCUT2D eigenvalue weighted by molar-refractivity contribution is -0.186. The maximum absolute atomic E-state index is 14.9. The van der Waals surface area contributed by atoms with E-state index in [0.717, 1.165) is 12.0 Å². The maximum atomic E-state index is 14.9. The van der Waals surface area contributed by atoms with Gasteiger partial charge in [0.2, 0.25) is 27.7 Å². The van der Waals surface area contributed by atoms with Crippen LogP contribution in [0.4, 0.5) is 13.2 Å². The normalized spacial score (nSPS) is 27.5. The molecule has 18 heteroatoms. The lowest BCUT2D eigenvalue weighted by Gasteiger charge is -2.34. The Kier molecular flexibility index (Phi) is 11.6. The van der Waals surface area contributed by atoms with E-state index < -0.39 is 80.5 Å². The van der Waals surface area contributed by atoms with Crippen molar-refractivity contribution in [1.82, 2.24) is 29.8 Å². The van der Waals surface area contributed by atoms with E-state index in [1.807, 2.05) is 36.4 Å². The third-order valence-electron chi connectivity index (χ3n) is 13.5. The molecule has 5 atom stereocenters. The zero-order valence-electron chi connectivity index (χ0n) is 34.8. The third kappa shape index (κ3) is 9.09. The molecule has 6 aliphatic rings. The molecule has 2 N–H and O–H groups in total. The number of nitrogens with one attached hydrogen (secondary N) is 2. The SMILES string of the molecule is O=C1N[C@@]2(C(=O)NS(=O)(=O)C3CC3)C[C@@H]2/C=C\CCCCC[C@H](CC(=O)N2CCC(C(F)(F)F)CC2)C(=O)N2C[C@H](Oc3cc(-c4ccccn4)nc4cc5c(cc34)OCC5)C[C@@H]12. The van der Waals surface area contributed by atoms with Crippen molar-refractivity contribution >= 4 is 44.6 Å². The molecule has 14 nitrogen and oxygen atoms in total. The zero-order valence-corrected chi connectivity index (χ0v) is 35.6. The molecule has 2 aromatic heterocycles. The number of halogens is 3. The first kappa shape index (κ1) is 43.0. The highest BCUT2D eigenvalue weighted by Crippen LogP contribution is 2.46. The average Bonchev–Trinajstić information content (AvgIpc) is 4.15. The number of fused-ring (bicyclic) bond motifs is 4. The summed E-state index contributed by atoms with van der Waals surface area (Å²) in [5, 5.41) is 2.86. The van der Waals surface area contributed by atoms with Crippen LogP contribution in [-0.2, 0) is 35.6 Å². The molecule has 0 radical (unpaired) electrons. The number of sulfonamides is 1. The molecular formula is C45H51F3N6O8S. The quantitative estimate of drug-likeness (QED) is 0.279. The van der Waals surface area contributed by atoms with Gasteiger partial charge in [-0.3, -0.25) is 28.9 Å². The number of hydrogen-bond donors (Lipinski definition) is 2. The number of alkyl halides is 3. The van der Waals surface area contributed by atoms with Gasteiger partial charge in [-0.2, -0.15) is 13.2 Å². The molecular weight excluding hydrogens is 842 g/mol. The number of aromatic nitrogens is 2. The van der Waals surface area contributed by atoms with Gasteiger partial charge in [-0.15, -0.1) is 0 Å². The van der Waals surface area contributed by atoms with Gasteiger partial charge in [0.1, 0.15) is 29.2 Å². The van der Waals surface area contributed by atoms with Gasteiger partial charge in [0.15, 0.2) is 0 Å². The monoisotopic (exact) mass is 892 g/mol. The average molecular weight is 893 g/mol. The Labute approximate surface area is 363 Å². The fourth-order valence-corrected chi connectivity index (χ4v) is 10.9. The van der Waals surface area contributed by atoms with Crippen LogP contribution in [0.3, 0.4) is 0 Å². The summed E-state index contributed by atoms with van der Waals surface area (Å²) < 4.78 is 81.3. The van der Waals surface area contributed by atoms with Crippen molar-refractivity contribution in [2.24, 2.45) is 17.8 Å². The van der Waals surface area contributed by atoms with E-state index in [4.69, 9.17) is 14.5 Å². The second kappa shape index (κ2) is 17.0. The second-order valence-corrected chi connectivity index (χ2v) is 19.8. The van der Waals surface area contributed by atoms with Gasteiger partial charge < -0.3 is 24.6 Å². The zero-order chi connectivity index (χ0) is 44.1. The summed E-state index contributed by atoms with van der Waals surface area (Å²) in [4.78, 5) is 69.5.